The molecule has 0 aliphatic rings. The molecule has 19 heavy (non-hydrogen) atoms. The molecule has 2 aromatic rings. The van der Waals surface area contributed by atoms with E-state index in [-0.39, 0.29) is 12.5 Å². The summed E-state index contributed by atoms with van der Waals surface area (Å²) in [7, 11) is 0. The highest BCUT2D eigenvalue weighted by Gasteiger charge is 2.32. The summed E-state index contributed by atoms with van der Waals surface area (Å²) in [5.41, 5.74) is 0.825. The van der Waals surface area contributed by atoms with Crippen LogP contribution >= 0.6 is 0 Å². The van der Waals surface area contributed by atoms with Crippen molar-refractivity contribution in [1.82, 2.24) is 4.98 Å². The van der Waals surface area contributed by atoms with E-state index >= 15 is 0 Å². The van der Waals surface area contributed by atoms with E-state index in [4.69, 9.17) is 4.74 Å². The molecule has 3 nitrogen and oxygen atoms in total. The Balaban J connectivity index is 2.08. The predicted molar refractivity (Wildman–Crippen MR) is 61.7 cm³/mol. The van der Waals surface area contributed by atoms with E-state index in [0.29, 0.717) is 0 Å². The molecule has 0 fully saturated rings. The van der Waals surface area contributed by atoms with Gasteiger partial charge in [-0.1, -0.05) is 30.3 Å². The molecule has 0 saturated carbocycles. The van der Waals surface area contributed by atoms with Gasteiger partial charge in [0.2, 0.25) is 0 Å². The summed E-state index contributed by atoms with van der Waals surface area (Å²) in [5.74, 6) is -0.644. The van der Waals surface area contributed by atoms with Crippen molar-refractivity contribution in [3.8, 4) is 11.6 Å². The van der Waals surface area contributed by atoms with Crippen LogP contribution in [0.5, 0.6) is 11.6 Å². The molecule has 0 aliphatic carbocycles. The lowest BCUT2D eigenvalue weighted by atomic mass is 10.2. The largest absolute Gasteiger partial charge is 0.573 e. The molecule has 0 atom stereocenters. The number of hydrogen-bond acceptors (Lipinski definition) is 3. The lowest BCUT2D eigenvalue weighted by Gasteiger charge is -2.12. The fraction of sp³-hybridized carbons (Fsp3) is 0.154. The van der Waals surface area contributed by atoms with Crippen LogP contribution in [0.2, 0.25) is 0 Å². The third-order valence-electron chi connectivity index (χ3n) is 2.18. The standard InChI is InChI=1S/C13H10F3NO2/c14-13(15,16)19-11-7-4-8-17-12(11)18-9-10-5-2-1-3-6-10/h1-8H,9H2. The molecule has 0 amide bonds. The van der Waals surface area contributed by atoms with E-state index in [1.54, 1.807) is 12.1 Å². The van der Waals surface area contributed by atoms with E-state index in [1.807, 2.05) is 18.2 Å². The Hall–Kier alpha value is -2.24. The topological polar surface area (TPSA) is 31.4 Å². The highest BCUT2D eigenvalue weighted by atomic mass is 19.4. The molecule has 0 bridgehead atoms. The molecule has 0 unspecified atom stereocenters. The van der Waals surface area contributed by atoms with Gasteiger partial charge in [0.1, 0.15) is 6.61 Å². The van der Waals surface area contributed by atoms with Crippen LogP contribution in [0.25, 0.3) is 0 Å². The van der Waals surface area contributed by atoms with E-state index in [0.717, 1.165) is 11.6 Å². The molecule has 0 aliphatic heterocycles. The van der Waals surface area contributed by atoms with Gasteiger partial charge in [0.25, 0.3) is 5.88 Å². The van der Waals surface area contributed by atoms with Gasteiger partial charge in [-0.2, -0.15) is 0 Å². The van der Waals surface area contributed by atoms with Crippen LogP contribution < -0.4 is 9.47 Å². The Morgan fingerprint density at radius 3 is 2.42 bits per heavy atom. The molecule has 1 aromatic heterocycles. The Morgan fingerprint density at radius 1 is 1.00 bits per heavy atom. The van der Waals surface area contributed by atoms with Crippen molar-refractivity contribution in [1.29, 1.82) is 0 Å². The maximum atomic E-state index is 12.2. The normalized spacial score (nSPS) is 11.1. The molecule has 0 N–H and O–H groups in total. The van der Waals surface area contributed by atoms with Crippen LogP contribution in [0, 0.1) is 0 Å². The lowest BCUT2D eigenvalue weighted by Crippen LogP contribution is -2.18. The maximum Gasteiger partial charge on any atom is 0.573 e. The van der Waals surface area contributed by atoms with Crippen molar-refractivity contribution < 1.29 is 22.6 Å². The minimum atomic E-state index is -4.77. The second kappa shape index (κ2) is 5.60. The summed E-state index contributed by atoms with van der Waals surface area (Å²) in [6, 6.07) is 11.6. The van der Waals surface area contributed by atoms with E-state index in [9.17, 15) is 13.2 Å². The molecule has 100 valence electrons. The number of alkyl halides is 3. The summed E-state index contributed by atoms with van der Waals surface area (Å²) in [4.78, 5) is 3.73. The first-order valence-corrected chi connectivity index (χ1v) is 5.42. The minimum Gasteiger partial charge on any atom is -0.470 e. The quantitative estimate of drug-likeness (QED) is 0.850. The van der Waals surface area contributed by atoms with E-state index in [2.05, 4.69) is 9.72 Å². The average molecular weight is 269 g/mol. The SMILES string of the molecule is FC(F)(F)Oc1cccnc1OCc1ccccc1. The first-order valence-electron chi connectivity index (χ1n) is 5.42. The Kier molecular flexibility index (Phi) is 3.89. The average Bonchev–Trinajstić information content (AvgIpc) is 2.37. The van der Waals surface area contributed by atoms with Crippen molar-refractivity contribution in [2.24, 2.45) is 0 Å². The third kappa shape index (κ3) is 4.17. The summed E-state index contributed by atoms with van der Waals surface area (Å²) in [5, 5.41) is 0. The summed E-state index contributed by atoms with van der Waals surface area (Å²) in [6.07, 6.45) is -3.43. The van der Waals surface area contributed by atoms with Gasteiger partial charge in [0, 0.05) is 6.20 Å². The lowest BCUT2D eigenvalue weighted by molar-refractivity contribution is -0.275. The van der Waals surface area contributed by atoms with E-state index < -0.39 is 12.1 Å². The van der Waals surface area contributed by atoms with Gasteiger partial charge in [-0.25, -0.2) is 4.98 Å². The van der Waals surface area contributed by atoms with Crippen molar-refractivity contribution in [2.45, 2.75) is 13.0 Å². The van der Waals surface area contributed by atoms with Crippen molar-refractivity contribution in [3.05, 3.63) is 54.2 Å². The first kappa shape index (κ1) is 13.2. The molecular formula is C13H10F3NO2. The summed E-state index contributed by atoms with van der Waals surface area (Å²) >= 11 is 0. The fourth-order valence-corrected chi connectivity index (χ4v) is 1.41. The number of pyridine rings is 1. The molecule has 1 aromatic carbocycles. The molecule has 2 rings (SSSR count). The van der Waals surface area contributed by atoms with Gasteiger partial charge in [-0.3, -0.25) is 0 Å². The zero-order valence-corrected chi connectivity index (χ0v) is 9.72. The van der Waals surface area contributed by atoms with Crippen LogP contribution in [-0.4, -0.2) is 11.3 Å². The van der Waals surface area contributed by atoms with Crippen molar-refractivity contribution >= 4 is 0 Å². The van der Waals surface area contributed by atoms with Crippen LogP contribution in [0.15, 0.2) is 48.7 Å². The molecule has 0 spiro atoms. The maximum absolute atomic E-state index is 12.2. The van der Waals surface area contributed by atoms with Gasteiger partial charge < -0.3 is 9.47 Å². The van der Waals surface area contributed by atoms with Crippen LogP contribution in [0.3, 0.4) is 0 Å². The number of hydrogen-bond donors (Lipinski definition) is 0. The number of halogens is 3. The first-order chi connectivity index (χ1) is 9.04. The van der Waals surface area contributed by atoms with Gasteiger partial charge >= 0.3 is 6.36 Å². The van der Waals surface area contributed by atoms with Crippen LogP contribution in [0.4, 0.5) is 13.2 Å². The van der Waals surface area contributed by atoms with Gasteiger partial charge in [0.05, 0.1) is 0 Å². The second-order valence-electron chi connectivity index (χ2n) is 3.63. The predicted octanol–water partition coefficient (Wildman–Crippen LogP) is 3.56. The minimum absolute atomic E-state index is 0.117. The monoisotopic (exact) mass is 269 g/mol. The number of ether oxygens (including phenoxy) is 2. The molecular weight excluding hydrogens is 259 g/mol. The number of aromatic nitrogens is 1. The zero-order valence-electron chi connectivity index (χ0n) is 9.72. The Morgan fingerprint density at radius 2 is 1.74 bits per heavy atom. The highest BCUT2D eigenvalue weighted by molar-refractivity contribution is 5.33. The summed E-state index contributed by atoms with van der Waals surface area (Å²) in [6.45, 7) is 0.117. The molecule has 1 heterocycles. The molecule has 0 saturated heterocycles. The number of nitrogens with zero attached hydrogens (tertiary/aromatic N) is 1. The number of benzene rings is 1. The molecule has 6 heteroatoms. The van der Waals surface area contributed by atoms with Gasteiger partial charge in [0.15, 0.2) is 5.75 Å². The van der Waals surface area contributed by atoms with Gasteiger partial charge in [-0.15, -0.1) is 13.2 Å². The Labute approximate surface area is 107 Å². The van der Waals surface area contributed by atoms with Gasteiger partial charge in [-0.05, 0) is 17.7 Å². The molecule has 0 radical (unpaired) electrons. The number of rotatable bonds is 4. The van der Waals surface area contributed by atoms with Crippen molar-refractivity contribution in [3.63, 3.8) is 0 Å². The Bertz CT molecular complexity index is 529. The zero-order chi connectivity index (χ0) is 13.7. The van der Waals surface area contributed by atoms with Crippen LogP contribution in [0.1, 0.15) is 5.56 Å². The highest BCUT2D eigenvalue weighted by Crippen LogP contribution is 2.30. The fourth-order valence-electron chi connectivity index (χ4n) is 1.41. The van der Waals surface area contributed by atoms with Crippen molar-refractivity contribution in [2.75, 3.05) is 0 Å². The third-order valence-corrected chi connectivity index (χ3v) is 2.18. The summed E-state index contributed by atoms with van der Waals surface area (Å²) < 4.78 is 45.6. The second-order valence-corrected chi connectivity index (χ2v) is 3.63. The van der Waals surface area contributed by atoms with Crippen LogP contribution in [-0.2, 0) is 6.61 Å². The smallest absolute Gasteiger partial charge is 0.470 e. The van der Waals surface area contributed by atoms with E-state index in [1.165, 1.54) is 12.3 Å².